The molecular weight excluding hydrogens is 214 g/mol. The third-order valence-corrected chi connectivity index (χ3v) is 3.04. The van der Waals surface area contributed by atoms with E-state index in [-0.39, 0.29) is 0 Å². The highest BCUT2D eigenvalue weighted by Gasteiger charge is 1.99. The standard InChI is InChI=1S/C14H23NS/c1-6-9-13(7-2)11-8-10-12(3)14(16)15(4)5/h7,10-11H,2,6,8-9H2,1,3-5H3/b12-10+,13-11+. The number of hydrogen-bond donors (Lipinski definition) is 0. The Morgan fingerprint density at radius 2 is 1.94 bits per heavy atom. The van der Waals surface area contributed by atoms with Gasteiger partial charge in [-0.3, -0.25) is 0 Å². The Balaban J connectivity index is 4.36. The minimum Gasteiger partial charge on any atom is -0.369 e. The molecule has 0 aliphatic rings. The van der Waals surface area contributed by atoms with E-state index in [1.165, 1.54) is 5.57 Å². The Labute approximate surface area is 106 Å². The van der Waals surface area contributed by atoms with E-state index in [2.05, 4.69) is 32.6 Å². The Bertz CT molecular complexity index is 298. The van der Waals surface area contributed by atoms with Crippen LogP contribution in [0, 0.1) is 0 Å². The zero-order valence-corrected chi connectivity index (χ0v) is 11.7. The molecule has 0 radical (unpaired) electrons. The lowest BCUT2D eigenvalue weighted by molar-refractivity contribution is 0.635. The summed E-state index contributed by atoms with van der Waals surface area (Å²) in [5.74, 6) is 0. The van der Waals surface area contributed by atoms with Gasteiger partial charge in [-0.1, -0.05) is 55.9 Å². The number of thiocarbonyl (C=S) groups is 1. The number of allylic oxidation sites excluding steroid dienone is 4. The molecule has 0 unspecified atom stereocenters. The van der Waals surface area contributed by atoms with Crippen LogP contribution in [0.5, 0.6) is 0 Å². The van der Waals surface area contributed by atoms with E-state index in [9.17, 15) is 0 Å². The molecule has 1 nitrogen and oxygen atoms in total. The Kier molecular flexibility index (Phi) is 7.82. The van der Waals surface area contributed by atoms with Gasteiger partial charge in [0.1, 0.15) is 4.99 Å². The van der Waals surface area contributed by atoms with E-state index in [0.29, 0.717) is 0 Å². The lowest BCUT2D eigenvalue weighted by atomic mass is 10.1. The minimum absolute atomic E-state index is 0.907. The topological polar surface area (TPSA) is 3.24 Å². The van der Waals surface area contributed by atoms with Crippen LogP contribution in [0.2, 0.25) is 0 Å². The van der Waals surface area contributed by atoms with E-state index >= 15 is 0 Å². The van der Waals surface area contributed by atoms with Crippen LogP contribution in [0.4, 0.5) is 0 Å². The van der Waals surface area contributed by atoms with Gasteiger partial charge in [0.25, 0.3) is 0 Å². The molecule has 0 bridgehead atoms. The second-order valence-electron chi connectivity index (χ2n) is 4.06. The maximum atomic E-state index is 5.28. The van der Waals surface area contributed by atoms with Gasteiger partial charge >= 0.3 is 0 Å². The zero-order valence-electron chi connectivity index (χ0n) is 10.9. The fourth-order valence-corrected chi connectivity index (χ4v) is 1.49. The van der Waals surface area contributed by atoms with Crippen molar-refractivity contribution in [3.05, 3.63) is 36.0 Å². The van der Waals surface area contributed by atoms with Gasteiger partial charge in [0.15, 0.2) is 0 Å². The molecule has 0 aromatic carbocycles. The molecule has 2 heteroatoms. The van der Waals surface area contributed by atoms with Crippen molar-refractivity contribution in [1.82, 2.24) is 4.90 Å². The van der Waals surface area contributed by atoms with Gasteiger partial charge in [0.2, 0.25) is 0 Å². The smallest absolute Gasteiger partial charge is 0.103 e. The first-order chi connectivity index (χ1) is 7.52. The summed E-state index contributed by atoms with van der Waals surface area (Å²) in [6, 6.07) is 0. The molecule has 0 rings (SSSR count). The van der Waals surface area contributed by atoms with Crippen LogP contribution in [0.25, 0.3) is 0 Å². The molecule has 0 fully saturated rings. The summed E-state index contributed by atoms with van der Waals surface area (Å²) in [5.41, 5.74) is 2.48. The second-order valence-corrected chi connectivity index (χ2v) is 4.44. The summed E-state index contributed by atoms with van der Waals surface area (Å²) in [7, 11) is 3.95. The molecule has 0 amide bonds. The minimum atomic E-state index is 0.907. The summed E-state index contributed by atoms with van der Waals surface area (Å²) < 4.78 is 0. The number of likely N-dealkylation sites (N-methyl/N-ethyl adjacent to an activating group) is 1. The molecule has 0 heterocycles. The number of hydrogen-bond acceptors (Lipinski definition) is 1. The van der Waals surface area contributed by atoms with Gasteiger partial charge < -0.3 is 4.90 Å². The van der Waals surface area contributed by atoms with E-state index < -0.39 is 0 Å². The van der Waals surface area contributed by atoms with Crippen LogP contribution < -0.4 is 0 Å². The van der Waals surface area contributed by atoms with Gasteiger partial charge in [-0.15, -0.1) is 0 Å². The van der Waals surface area contributed by atoms with Crippen LogP contribution in [0.15, 0.2) is 36.0 Å². The monoisotopic (exact) mass is 237 g/mol. The van der Waals surface area contributed by atoms with Crippen LogP contribution in [-0.2, 0) is 0 Å². The largest absolute Gasteiger partial charge is 0.369 e. The predicted octanol–water partition coefficient (Wildman–Crippen LogP) is 4.12. The van der Waals surface area contributed by atoms with Gasteiger partial charge in [0, 0.05) is 14.1 Å². The number of rotatable bonds is 6. The van der Waals surface area contributed by atoms with Crippen molar-refractivity contribution in [2.24, 2.45) is 0 Å². The third-order valence-electron chi connectivity index (χ3n) is 2.35. The molecule has 0 aromatic heterocycles. The molecule has 0 N–H and O–H groups in total. The van der Waals surface area contributed by atoms with Gasteiger partial charge in [-0.05, 0) is 25.3 Å². The average Bonchev–Trinajstić information content (AvgIpc) is 2.26. The molecule has 0 atom stereocenters. The van der Waals surface area contributed by atoms with E-state index in [1.807, 2.05) is 25.1 Å². The predicted molar refractivity (Wildman–Crippen MR) is 77.8 cm³/mol. The maximum absolute atomic E-state index is 5.28. The van der Waals surface area contributed by atoms with E-state index in [1.54, 1.807) is 0 Å². The molecule has 0 saturated carbocycles. The third kappa shape index (κ3) is 5.86. The highest BCUT2D eigenvalue weighted by molar-refractivity contribution is 7.80. The highest BCUT2D eigenvalue weighted by Crippen LogP contribution is 2.09. The van der Waals surface area contributed by atoms with Crippen molar-refractivity contribution in [3.8, 4) is 0 Å². The molecule has 0 aliphatic heterocycles. The van der Waals surface area contributed by atoms with Crippen molar-refractivity contribution < 1.29 is 0 Å². The van der Waals surface area contributed by atoms with Crippen molar-refractivity contribution in [1.29, 1.82) is 0 Å². The average molecular weight is 237 g/mol. The second kappa shape index (κ2) is 8.28. The summed E-state index contributed by atoms with van der Waals surface area (Å²) in [6.45, 7) is 8.06. The Hall–Kier alpha value is -0.890. The zero-order chi connectivity index (χ0) is 12.6. The lowest BCUT2D eigenvalue weighted by Crippen LogP contribution is -2.20. The molecule has 0 saturated heterocycles. The normalized spacial score (nSPS) is 12.5. The quantitative estimate of drug-likeness (QED) is 0.388. The highest BCUT2D eigenvalue weighted by atomic mass is 32.1. The first kappa shape index (κ1) is 15.1. The maximum Gasteiger partial charge on any atom is 0.103 e. The van der Waals surface area contributed by atoms with Crippen LogP contribution in [-0.4, -0.2) is 24.0 Å². The lowest BCUT2D eigenvalue weighted by Gasteiger charge is -2.13. The molecule has 0 aromatic rings. The van der Waals surface area contributed by atoms with Gasteiger partial charge in [-0.2, -0.15) is 0 Å². The fourth-order valence-electron chi connectivity index (χ4n) is 1.40. The van der Waals surface area contributed by atoms with Crippen molar-refractivity contribution in [2.45, 2.75) is 33.1 Å². The van der Waals surface area contributed by atoms with E-state index in [4.69, 9.17) is 12.2 Å². The summed E-state index contributed by atoms with van der Waals surface area (Å²) in [6.07, 6.45) is 9.53. The Morgan fingerprint density at radius 1 is 1.31 bits per heavy atom. The molecule has 16 heavy (non-hydrogen) atoms. The fraction of sp³-hybridized carbons (Fsp3) is 0.500. The SMILES string of the molecule is C=C/C(=C\C/C=C(\C)C(=S)N(C)C)CCC. The van der Waals surface area contributed by atoms with Gasteiger partial charge in [0.05, 0.1) is 0 Å². The van der Waals surface area contributed by atoms with Gasteiger partial charge in [-0.25, -0.2) is 0 Å². The summed E-state index contributed by atoms with van der Waals surface area (Å²) in [5, 5.41) is 0. The molecule has 90 valence electrons. The first-order valence-electron chi connectivity index (χ1n) is 5.72. The van der Waals surface area contributed by atoms with Crippen LogP contribution in [0.3, 0.4) is 0 Å². The van der Waals surface area contributed by atoms with Crippen LogP contribution >= 0.6 is 12.2 Å². The van der Waals surface area contributed by atoms with Crippen molar-refractivity contribution in [2.75, 3.05) is 14.1 Å². The van der Waals surface area contributed by atoms with E-state index in [0.717, 1.165) is 29.8 Å². The number of nitrogens with zero attached hydrogens (tertiary/aromatic N) is 1. The first-order valence-corrected chi connectivity index (χ1v) is 6.13. The molecule has 0 aliphatic carbocycles. The van der Waals surface area contributed by atoms with Crippen LogP contribution in [0.1, 0.15) is 33.1 Å². The molecule has 0 spiro atoms. The summed E-state index contributed by atoms with van der Waals surface area (Å²) in [4.78, 5) is 2.87. The summed E-state index contributed by atoms with van der Waals surface area (Å²) >= 11 is 5.28. The molecular formula is C14H23NS. The van der Waals surface area contributed by atoms with Crippen molar-refractivity contribution >= 4 is 17.2 Å². The van der Waals surface area contributed by atoms with Crippen molar-refractivity contribution in [3.63, 3.8) is 0 Å². The Morgan fingerprint density at radius 3 is 2.38 bits per heavy atom.